The predicted octanol–water partition coefficient (Wildman–Crippen LogP) is 2.82. The normalized spacial score (nSPS) is 10.5. The lowest BCUT2D eigenvalue weighted by molar-refractivity contribution is -0.114. The van der Waals surface area contributed by atoms with Crippen molar-refractivity contribution < 1.29 is 4.79 Å². The van der Waals surface area contributed by atoms with Crippen LogP contribution in [0.3, 0.4) is 0 Å². The minimum atomic E-state index is -0.0768. The molecule has 0 spiro atoms. The van der Waals surface area contributed by atoms with E-state index < -0.39 is 0 Å². The average molecular weight is 220 g/mol. The Balaban J connectivity index is 2.50. The van der Waals surface area contributed by atoms with Gasteiger partial charge in [0, 0.05) is 6.92 Å². The molecule has 1 amide bonds. The van der Waals surface area contributed by atoms with Gasteiger partial charge >= 0.3 is 0 Å². The van der Waals surface area contributed by atoms with Crippen LogP contribution in [0.25, 0.3) is 10.2 Å². The van der Waals surface area contributed by atoms with E-state index in [1.165, 1.54) is 23.8 Å². The number of para-hydroxylation sites is 1. The van der Waals surface area contributed by atoms with Gasteiger partial charge in [0.15, 0.2) is 5.13 Å². The molecule has 1 heterocycles. The maximum absolute atomic E-state index is 10.9. The highest BCUT2D eigenvalue weighted by Crippen LogP contribution is 2.28. The molecule has 0 bridgehead atoms. The molecular formula is C11H12N2OS. The van der Waals surface area contributed by atoms with Crippen LogP contribution in [0, 0.1) is 0 Å². The number of aryl methyl sites for hydroxylation is 1. The number of thiazole rings is 1. The van der Waals surface area contributed by atoms with Crippen molar-refractivity contribution in [1.29, 1.82) is 0 Å². The number of hydrogen-bond acceptors (Lipinski definition) is 3. The van der Waals surface area contributed by atoms with Gasteiger partial charge in [-0.1, -0.05) is 30.4 Å². The minimum absolute atomic E-state index is 0.0768. The fourth-order valence-corrected chi connectivity index (χ4v) is 2.45. The molecule has 4 heteroatoms. The van der Waals surface area contributed by atoms with E-state index in [1.54, 1.807) is 0 Å². The molecule has 0 saturated carbocycles. The monoisotopic (exact) mass is 220 g/mol. The van der Waals surface area contributed by atoms with Crippen molar-refractivity contribution in [2.75, 3.05) is 5.32 Å². The van der Waals surface area contributed by atoms with E-state index in [-0.39, 0.29) is 5.91 Å². The SMILES string of the molecule is CCc1cccc2sc(NC(C)=O)nc12. The van der Waals surface area contributed by atoms with Crippen LogP contribution in [0.5, 0.6) is 0 Å². The number of carbonyl (C=O) groups excluding carboxylic acids is 1. The van der Waals surface area contributed by atoms with E-state index in [2.05, 4.69) is 23.3 Å². The predicted molar refractivity (Wildman–Crippen MR) is 63.3 cm³/mol. The second-order valence-electron chi connectivity index (χ2n) is 3.32. The number of carbonyl (C=O) groups is 1. The van der Waals surface area contributed by atoms with Crippen LogP contribution in [0.15, 0.2) is 18.2 Å². The molecule has 3 nitrogen and oxygen atoms in total. The summed E-state index contributed by atoms with van der Waals surface area (Å²) < 4.78 is 1.12. The molecule has 0 radical (unpaired) electrons. The van der Waals surface area contributed by atoms with Gasteiger partial charge < -0.3 is 5.32 Å². The van der Waals surface area contributed by atoms with Crippen LogP contribution in [-0.4, -0.2) is 10.9 Å². The van der Waals surface area contributed by atoms with Gasteiger partial charge in [-0.05, 0) is 18.1 Å². The molecule has 0 saturated heterocycles. The summed E-state index contributed by atoms with van der Waals surface area (Å²) in [6.07, 6.45) is 0.959. The number of nitrogens with one attached hydrogen (secondary N) is 1. The van der Waals surface area contributed by atoms with Gasteiger partial charge in [-0.2, -0.15) is 0 Å². The van der Waals surface area contributed by atoms with Gasteiger partial charge in [-0.25, -0.2) is 4.98 Å². The highest BCUT2D eigenvalue weighted by atomic mass is 32.1. The third-order valence-corrected chi connectivity index (χ3v) is 3.10. The van der Waals surface area contributed by atoms with Crippen LogP contribution in [0.1, 0.15) is 19.4 Å². The summed E-state index contributed by atoms with van der Waals surface area (Å²) in [6, 6.07) is 6.12. The first kappa shape index (κ1) is 10.1. The van der Waals surface area contributed by atoms with E-state index in [1.807, 2.05) is 12.1 Å². The molecule has 0 unspecified atom stereocenters. The fourth-order valence-electron chi connectivity index (χ4n) is 1.49. The number of benzene rings is 1. The van der Waals surface area contributed by atoms with Gasteiger partial charge in [0.2, 0.25) is 5.91 Å². The van der Waals surface area contributed by atoms with E-state index in [9.17, 15) is 4.79 Å². The van der Waals surface area contributed by atoms with Crippen molar-refractivity contribution in [3.05, 3.63) is 23.8 Å². The molecule has 1 aromatic heterocycles. The summed E-state index contributed by atoms with van der Waals surface area (Å²) in [5.41, 5.74) is 2.23. The summed E-state index contributed by atoms with van der Waals surface area (Å²) in [4.78, 5) is 15.3. The van der Waals surface area contributed by atoms with E-state index in [4.69, 9.17) is 0 Å². The summed E-state index contributed by atoms with van der Waals surface area (Å²) in [5.74, 6) is -0.0768. The zero-order valence-corrected chi connectivity index (χ0v) is 9.52. The number of rotatable bonds is 2. The summed E-state index contributed by atoms with van der Waals surface area (Å²) in [7, 11) is 0. The van der Waals surface area contributed by atoms with Crippen molar-refractivity contribution >= 4 is 32.6 Å². The zero-order chi connectivity index (χ0) is 10.8. The fraction of sp³-hybridized carbons (Fsp3) is 0.273. The van der Waals surface area contributed by atoms with Gasteiger partial charge in [0.05, 0.1) is 10.2 Å². The molecular weight excluding hydrogens is 208 g/mol. The molecule has 0 aliphatic heterocycles. The Hall–Kier alpha value is -1.42. The van der Waals surface area contributed by atoms with Gasteiger partial charge in [0.1, 0.15) is 0 Å². The topological polar surface area (TPSA) is 42.0 Å². The van der Waals surface area contributed by atoms with Gasteiger partial charge in [-0.3, -0.25) is 4.79 Å². The highest BCUT2D eigenvalue weighted by Gasteiger charge is 2.07. The summed E-state index contributed by atoms with van der Waals surface area (Å²) in [6.45, 7) is 3.60. The molecule has 0 aliphatic rings. The number of anilines is 1. The number of aromatic nitrogens is 1. The lowest BCUT2D eigenvalue weighted by Gasteiger charge is -1.95. The second-order valence-corrected chi connectivity index (χ2v) is 4.35. The Morgan fingerprint density at radius 2 is 2.33 bits per heavy atom. The van der Waals surface area contributed by atoms with Crippen molar-refractivity contribution in [2.45, 2.75) is 20.3 Å². The molecule has 0 fully saturated rings. The molecule has 15 heavy (non-hydrogen) atoms. The average Bonchev–Trinajstić information content (AvgIpc) is 2.58. The van der Waals surface area contributed by atoms with Crippen LogP contribution < -0.4 is 5.32 Å². The lowest BCUT2D eigenvalue weighted by atomic mass is 10.1. The second kappa shape index (κ2) is 3.98. The zero-order valence-electron chi connectivity index (χ0n) is 8.70. The maximum atomic E-state index is 10.9. The van der Waals surface area contributed by atoms with Gasteiger partial charge in [-0.15, -0.1) is 0 Å². The first-order valence-electron chi connectivity index (χ1n) is 4.86. The first-order chi connectivity index (χ1) is 7.20. The van der Waals surface area contributed by atoms with E-state index in [0.717, 1.165) is 16.6 Å². The maximum Gasteiger partial charge on any atom is 0.223 e. The van der Waals surface area contributed by atoms with Crippen molar-refractivity contribution in [2.24, 2.45) is 0 Å². The molecule has 2 rings (SSSR count). The third kappa shape index (κ3) is 1.99. The molecule has 2 aromatic rings. The minimum Gasteiger partial charge on any atom is -0.302 e. The summed E-state index contributed by atoms with van der Waals surface area (Å²) >= 11 is 1.51. The molecule has 78 valence electrons. The Morgan fingerprint density at radius 3 is 3.00 bits per heavy atom. The van der Waals surface area contributed by atoms with Crippen LogP contribution in [0.2, 0.25) is 0 Å². The molecule has 0 aliphatic carbocycles. The van der Waals surface area contributed by atoms with E-state index in [0.29, 0.717) is 5.13 Å². The van der Waals surface area contributed by atoms with Crippen LogP contribution in [-0.2, 0) is 11.2 Å². The molecule has 1 N–H and O–H groups in total. The number of amides is 1. The number of hydrogen-bond donors (Lipinski definition) is 1. The Bertz CT molecular complexity index is 504. The highest BCUT2D eigenvalue weighted by molar-refractivity contribution is 7.22. The van der Waals surface area contributed by atoms with Crippen molar-refractivity contribution in [1.82, 2.24) is 4.98 Å². The Kier molecular flexibility index (Phi) is 2.68. The van der Waals surface area contributed by atoms with Crippen LogP contribution in [0.4, 0.5) is 5.13 Å². The van der Waals surface area contributed by atoms with Crippen molar-refractivity contribution in [3.63, 3.8) is 0 Å². The van der Waals surface area contributed by atoms with Crippen LogP contribution >= 0.6 is 11.3 Å². The molecule has 0 atom stereocenters. The Labute approximate surface area is 92.1 Å². The first-order valence-corrected chi connectivity index (χ1v) is 5.68. The number of fused-ring (bicyclic) bond motifs is 1. The summed E-state index contributed by atoms with van der Waals surface area (Å²) in [5, 5.41) is 3.39. The lowest BCUT2D eigenvalue weighted by Crippen LogP contribution is -2.04. The van der Waals surface area contributed by atoms with Gasteiger partial charge in [0.25, 0.3) is 0 Å². The third-order valence-electron chi connectivity index (χ3n) is 2.17. The number of nitrogens with zero attached hydrogens (tertiary/aromatic N) is 1. The molecule has 1 aromatic carbocycles. The largest absolute Gasteiger partial charge is 0.302 e. The Morgan fingerprint density at radius 1 is 1.53 bits per heavy atom. The quantitative estimate of drug-likeness (QED) is 0.845. The van der Waals surface area contributed by atoms with E-state index >= 15 is 0 Å². The standard InChI is InChI=1S/C11H12N2OS/c1-3-8-5-4-6-9-10(8)13-11(15-9)12-7(2)14/h4-6H,3H2,1-2H3,(H,12,13,14). The van der Waals surface area contributed by atoms with Crippen molar-refractivity contribution in [3.8, 4) is 0 Å². The smallest absolute Gasteiger partial charge is 0.223 e.